The van der Waals surface area contributed by atoms with Gasteiger partial charge in [0.05, 0.1) is 18.3 Å². The molecule has 2 aromatic rings. The fraction of sp³-hybridized carbons (Fsp3) is 0.478. The van der Waals surface area contributed by atoms with Crippen molar-refractivity contribution >= 4 is 29.3 Å². The van der Waals surface area contributed by atoms with Crippen molar-refractivity contribution in [2.75, 3.05) is 48.0 Å². The Labute approximate surface area is 211 Å². The number of aliphatic hydroxyl groups excluding tert-OH is 1. The first-order chi connectivity index (χ1) is 17.2. The molecule has 3 amide bonds. The Hall–Kier alpha value is -3.65. The number of pyridine rings is 2. The van der Waals surface area contributed by atoms with Crippen LogP contribution in [0.15, 0.2) is 30.5 Å². The number of nitrogens with one attached hydrogen (secondary N) is 2. The lowest BCUT2D eigenvalue weighted by molar-refractivity contribution is -0.146. The van der Waals surface area contributed by atoms with Crippen molar-refractivity contribution in [3.8, 4) is 5.75 Å². The van der Waals surface area contributed by atoms with Crippen LogP contribution in [-0.4, -0.2) is 78.1 Å². The number of amides is 3. The quantitative estimate of drug-likeness (QED) is 0.384. The SMILES string of the molecule is C.NC(CNC(=O)c1ccc2c(n1)N(C(=O)Nc1cc(OCCCO)ccn1)C1CCN2C1)C(F)(F)F. The molecule has 2 bridgehead atoms. The van der Waals surface area contributed by atoms with Crippen LogP contribution in [0.5, 0.6) is 5.75 Å². The van der Waals surface area contributed by atoms with E-state index in [2.05, 4.69) is 20.6 Å². The topological polar surface area (TPSA) is 146 Å². The second-order valence-electron chi connectivity index (χ2n) is 8.39. The van der Waals surface area contributed by atoms with Gasteiger partial charge in [-0.2, -0.15) is 13.2 Å². The highest BCUT2D eigenvalue weighted by Gasteiger charge is 2.41. The van der Waals surface area contributed by atoms with E-state index in [9.17, 15) is 22.8 Å². The van der Waals surface area contributed by atoms with E-state index in [4.69, 9.17) is 15.6 Å². The van der Waals surface area contributed by atoms with Crippen molar-refractivity contribution in [2.24, 2.45) is 5.73 Å². The Kier molecular flexibility index (Phi) is 8.76. The van der Waals surface area contributed by atoms with Crippen LogP contribution in [0, 0.1) is 0 Å². The normalized spacial score (nSPS) is 16.9. The summed E-state index contributed by atoms with van der Waals surface area (Å²) >= 11 is 0. The van der Waals surface area contributed by atoms with Gasteiger partial charge in [0.1, 0.15) is 23.3 Å². The summed E-state index contributed by atoms with van der Waals surface area (Å²) in [7, 11) is 0. The van der Waals surface area contributed by atoms with Gasteiger partial charge in [0, 0.05) is 44.9 Å². The number of hydrogen-bond donors (Lipinski definition) is 4. The van der Waals surface area contributed by atoms with Crippen LogP contribution in [0.3, 0.4) is 0 Å². The zero-order chi connectivity index (χ0) is 25.9. The molecule has 0 aromatic carbocycles. The van der Waals surface area contributed by atoms with Gasteiger partial charge in [-0.15, -0.1) is 0 Å². The maximum absolute atomic E-state index is 13.3. The monoisotopic (exact) mass is 525 g/mol. The van der Waals surface area contributed by atoms with E-state index < -0.39 is 30.7 Å². The smallest absolute Gasteiger partial charge is 0.405 e. The molecule has 0 radical (unpaired) electrons. The third-order valence-electron chi connectivity index (χ3n) is 5.84. The summed E-state index contributed by atoms with van der Waals surface area (Å²) < 4.78 is 43.5. The minimum atomic E-state index is -4.65. The first kappa shape index (κ1) is 27.9. The van der Waals surface area contributed by atoms with E-state index in [1.54, 1.807) is 18.2 Å². The fourth-order valence-electron chi connectivity index (χ4n) is 4.00. The van der Waals surface area contributed by atoms with Crippen LogP contribution in [0.2, 0.25) is 0 Å². The lowest BCUT2D eigenvalue weighted by Gasteiger charge is -2.35. The van der Waals surface area contributed by atoms with E-state index >= 15 is 0 Å². The van der Waals surface area contributed by atoms with Gasteiger partial charge in [0.2, 0.25) is 0 Å². The molecule has 11 nitrogen and oxygen atoms in total. The predicted octanol–water partition coefficient (Wildman–Crippen LogP) is 2.12. The minimum Gasteiger partial charge on any atom is -0.493 e. The Balaban J connectivity index is 0.00000380. The summed E-state index contributed by atoms with van der Waals surface area (Å²) in [5, 5.41) is 13.8. The van der Waals surface area contributed by atoms with E-state index in [1.807, 2.05) is 4.90 Å². The second-order valence-corrected chi connectivity index (χ2v) is 8.39. The number of anilines is 3. The lowest BCUT2D eigenvalue weighted by Crippen LogP contribution is -2.49. The molecular formula is C23H30F3N7O4. The summed E-state index contributed by atoms with van der Waals surface area (Å²) in [5.41, 5.74) is 5.56. The molecule has 202 valence electrons. The molecule has 2 unspecified atom stereocenters. The van der Waals surface area contributed by atoms with Crippen molar-refractivity contribution in [2.45, 2.75) is 38.5 Å². The average Bonchev–Trinajstić information content (AvgIpc) is 3.26. The first-order valence-electron chi connectivity index (χ1n) is 11.3. The molecule has 2 aliphatic heterocycles. The fourth-order valence-corrected chi connectivity index (χ4v) is 4.00. The molecule has 2 aliphatic rings. The van der Waals surface area contributed by atoms with Crippen molar-refractivity contribution < 1.29 is 32.6 Å². The summed E-state index contributed by atoms with van der Waals surface area (Å²) in [5.74, 6) is 0.0945. The average molecular weight is 526 g/mol. The third-order valence-corrected chi connectivity index (χ3v) is 5.84. The molecule has 0 saturated carbocycles. The number of fused-ring (bicyclic) bond motifs is 4. The van der Waals surface area contributed by atoms with Crippen molar-refractivity contribution in [3.05, 3.63) is 36.2 Å². The third kappa shape index (κ3) is 6.38. The highest BCUT2D eigenvalue weighted by Crippen LogP contribution is 2.39. The Morgan fingerprint density at radius 2 is 2.08 bits per heavy atom. The van der Waals surface area contributed by atoms with Gasteiger partial charge in [0.25, 0.3) is 5.91 Å². The van der Waals surface area contributed by atoms with Crippen LogP contribution in [-0.2, 0) is 0 Å². The maximum atomic E-state index is 13.3. The van der Waals surface area contributed by atoms with Crippen LogP contribution in [0.25, 0.3) is 0 Å². The molecule has 5 N–H and O–H groups in total. The zero-order valence-corrected chi connectivity index (χ0v) is 19.2. The van der Waals surface area contributed by atoms with Gasteiger partial charge in [0.15, 0.2) is 5.82 Å². The molecule has 37 heavy (non-hydrogen) atoms. The molecule has 1 saturated heterocycles. The largest absolute Gasteiger partial charge is 0.493 e. The first-order valence-corrected chi connectivity index (χ1v) is 11.3. The van der Waals surface area contributed by atoms with Gasteiger partial charge in [-0.3, -0.25) is 15.0 Å². The maximum Gasteiger partial charge on any atom is 0.405 e. The van der Waals surface area contributed by atoms with E-state index in [1.165, 1.54) is 17.2 Å². The van der Waals surface area contributed by atoms with E-state index in [-0.39, 0.29) is 37.4 Å². The molecule has 2 aromatic heterocycles. The number of ether oxygens (including phenoxy) is 1. The van der Waals surface area contributed by atoms with Gasteiger partial charge in [-0.1, -0.05) is 7.43 Å². The number of halogens is 3. The number of carbonyl (C=O) groups is 2. The van der Waals surface area contributed by atoms with E-state index in [0.717, 1.165) is 0 Å². The Morgan fingerprint density at radius 1 is 1.30 bits per heavy atom. The van der Waals surface area contributed by atoms with Gasteiger partial charge in [-0.25, -0.2) is 14.8 Å². The number of carbonyl (C=O) groups excluding carboxylic acids is 2. The second kappa shape index (κ2) is 11.6. The summed E-state index contributed by atoms with van der Waals surface area (Å²) in [4.78, 5) is 37.7. The predicted molar refractivity (Wildman–Crippen MR) is 131 cm³/mol. The molecule has 4 heterocycles. The van der Waals surface area contributed by atoms with Crippen LogP contribution < -0.4 is 30.9 Å². The summed E-state index contributed by atoms with van der Waals surface area (Å²) in [6, 6.07) is 3.24. The molecule has 14 heteroatoms. The Bertz CT molecular complexity index is 1120. The van der Waals surface area contributed by atoms with Crippen molar-refractivity contribution in [1.29, 1.82) is 0 Å². The Morgan fingerprint density at radius 3 is 2.81 bits per heavy atom. The molecule has 0 spiro atoms. The number of aliphatic hydroxyl groups is 1. The number of nitrogens with zero attached hydrogens (tertiary/aromatic N) is 4. The van der Waals surface area contributed by atoms with Crippen molar-refractivity contribution in [3.63, 3.8) is 0 Å². The molecule has 2 atom stereocenters. The standard InChI is InChI=1S/C22H26F3N7O4.CH4/c23-22(24,25)17(26)11-28-20(34)15-2-3-16-19(29-15)32(13-5-7-31(16)12-13)21(35)30-18-10-14(4-6-27-18)36-9-1-8-33;/h2-4,6,10,13,17,33H,1,5,7-9,11-12,26H2,(H,28,34)(H,27,30,35);1H4. The van der Waals surface area contributed by atoms with E-state index in [0.29, 0.717) is 44.0 Å². The van der Waals surface area contributed by atoms with Crippen LogP contribution >= 0.6 is 0 Å². The summed E-state index contributed by atoms with van der Waals surface area (Å²) in [6.07, 6.45) is -2.05. The number of alkyl halides is 3. The van der Waals surface area contributed by atoms with Crippen LogP contribution in [0.1, 0.15) is 30.8 Å². The number of aromatic nitrogens is 2. The number of nitrogens with two attached hydrogens (primary N) is 1. The molecular weight excluding hydrogens is 495 g/mol. The summed E-state index contributed by atoms with van der Waals surface area (Å²) in [6.45, 7) is 0.743. The zero-order valence-electron chi connectivity index (χ0n) is 19.2. The minimum absolute atomic E-state index is 0. The van der Waals surface area contributed by atoms with Crippen molar-refractivity contribution in [1.82, 2.24) is 15.3 Å². The lowest BCUT2D eigenvalue weighted by atomic mass is 10.1. The van der Waals surface area contributed by atoms with Crippen LogP contribution in [0.4, 0.5) is 35.3 Å². The highest BCUT2D eigenvalue weighted by molar-refractivity contribution is 6.05. The van der Waals surface area contributed by atoms with Gasteiger partial charge >= 0.3 is 12.2 Å². The molecule has 0 aliphatic carbocycles. The number of rotatable bonds is 8. The number of urea groups is 1. The highest BCUT2D eigenvalue weighted by atomic mass is 19.4. The van der Waals surface area contributed by atoms with Gasteiger partial charge < -0.3 is 25.8 Å². The molecule has 4 rings (SSSR count). The molecule has 1 fully saturated rings. The van der Waals surface area contributed by atoms with Gasteiger partial charge in [-0.05, 0) is 24.6 Å². The number of hydrogen-bond acceptors (Lipinski definition) is 8.